The number of rotatable bonds is 1. The predicted octanol–water partition coefficient (Wildman–Crippen LogP) is 0.994. The van der Waals surface area contributed by atoms with Crippen molar-refractivity contribution in [1.29, 1.82) is 0 Å². The molecule has 0 fully saturated rings. The van der Waals surface area contributed by atoms with Crippen molar-refractivity contribution < 1.29 is 5.11 Å². The van der Waals surface area contributed by atoms with Crippen molar-refractivity contribution in [2.75, 3.05) is 5.73 Å². The van der Waals surface area contributed by atoms with Crippen LogP contribution in [0.5, 0.6) is 5.75 Å². The van der Waals surface area contributed by atoms with Crippen molar-refractivity contribution >= 4 is 5.69 Å². The first kappa shape index (κ1) is 7.88. The molecule has 1 aromatic rings. The number of anilines is 1. The lowest BCUT2D eigenvalue weighted by Crippen LogP contribution is -2.04. The summed E-state index contributed by atoms with van der Waals surface area (Å²) in [6.07, 6.45) is 0. The lowest BCUT2D eigenvalue weighted by molar-refractivity contribution is 0.476. The second-order valence-corrected chi connectivity index (χ2v) is 2.61. The van der Waals surface area contributed by atoms with Crippen molar-refractivity contribution in [1.82, 2.24) is 0 Å². The van der Waals surface area contributed by atoms with Gasteiger partial charge in [0.1, 0.15) is 5.75 Å². The van der Waals surface area contributed by atoms with Gasteiger partial charge in [0, 0.05) is 6.04 Å². The van der Waals surface area contributed by atoms with Crippen LogP contribution in [-0.2, 0) is 0 Å². The maximum absolute atomic E-state index is 9.17. The highest BCUT2D eigenvalue weighted by Crippen LogP contribution is 2.23. The molecule has 5 N–H and O–H groups in total. The Bertz CT molecular complexity index is 258. The smallest absolute Gasteiger partial charge is 0.138 e. The minimum absolute atomic E-state index is 0.0681. The third-order valence-electron chi connectivity index (χ3n) is 1.58. The standard InChI is InChI=1S/C8H12N2O/c1-5(9)6-2-3-7(10)8(11)4-6/h2-5,11H,9-10H2,1H3. The molecule has 1 rings (SSSR count). The molecule has 0 aliphatic rings. The quantitative estimate of drug-likeness (QED) is 0.415. The lowest BCUT2D eigenvalue weighted by Gasteiger charge is -2.06. The molecule has 0 amide bonds. The molecule has 1 aromatic carbocycles. The van der Waals surface area contributed by atoms with E-state index in [1.54, 1.807) is 18.2 Å². The number of benzene rings is 1. The summed E-state index contributed by atoms with van der Waals surface area (Å²) in [6, 6.07) is 4.97. The Morgan fingerprint density at radius 3 is 2.55 bits per heavy atom. The zero-order valence-electron chi connectivity index (χ0n) is 6.41. The summed E-state index contributed by atoms with van der Waals surface area (Å²) in [4.78, 5) is 0. The average molecular weight is 152 g/mol. The molecule has 11 heavy (non-hydrogen) atoms. The Hall–Kier alpha value is -1.22. The van der Waals surface area contributed by atoms with E-state index in [2.05, 4.69) is 0 Å². The first-order valence-corrected chi connectivity index (χ1v) is 3.45. The molecular weight excluding hydrogens is 140 g/mol. The molecule has 0 saturated carbocycles. The maximum Gasteiger partial charge on any atom is 0.138 e. The summed E-state index contributed by atoms with van der Waals surface area (Å²) in [5.41, 5.74) is 12.2. The van der Waals surface area contributed by atoms with Crippen LogP contribution in [0.1, 0.15) is 18.5 Å². The molecular formula is C8H12N2O. The van der Waals surface area contributed by atoms with Gasteiger partial charge in [0.2, 0.25) is 0 Å². The zero-order chi connectivity index (χ0) is 8.43. The molecule has 0 radical (unpaired) electrons. The van der Waals surface area contributed by atoms with Crippen LogP contribution in [0, 0.1) is 0 Å². The minimum Gasteiger partial charge on any atom is -0.506 e. The monoisotopic (exact) mass is 152 g/mol. The van der Waals surface area contributed by atoms with Crippen LogP contribution in [0.4, 0.5) is 5.69 Å². The first-order valence-electron chi connectivity index (χ1n) is 3.45. The molecule has 0 bridgehead atoms. The molecule has 0 saturated heterocycles. The fourth-order valence-electron chi connectivity index (χ4n) is 0.844. The predicted molar refractivity (Wildman–Crippen MR) is 45.1 cm³/mol. The number of aromatic hydroxyl groups is 1. The van der Waals surface area contributed by atoms with Crippen molar-refractivity contribution in [2.24, 2.45) is 5.73 Å². The van der Waals surface area contributed by atoms with Gasteiger partial charge in [-0.05, 0) is 24.6 Å². The van der Waals surface area contributed by atoms with Gasteiger partial charge in [0.15, 0.2) is 0 Å². The van der Waals surface area contributed by atoms with Crippen LogP contribution in [0.25, 0.3) is 0 Å². The van der Waals surface area contributed by atoms with E-state index < -0.39 is 0 Å². The number of phenols is 1. The van der Waals surface area contributed by atoms with Gasteiger partial charge in [-0.3, -0.25) is 0 Å². The summed E-state index contributed by atoms with van der Waals surface area (Å²) >= 11 is 0. The Morgan fingerprint density at radius 1 is 1.45 bits per heavy atom. The highest BCUT2D eigenvalue weighted by molar-refractivity contribution is 5.53. The summed E-state index contributed by atoms with van der Waals surface area (Å²) < 4.78 is 0. The fourth-order valence-corrected chi connectivity index (χ4v) is 0.844. The van der Waals surface area contributed by atoms with E-state index in [0.29, 0.717) is 5.69 Å². The second kappa shape index (κ2) is 2.80. The van der Waals surface area contributed by atoms with Gasteiger partial charge in [0.25, 0.3) is 0 Å². The van der Waals surface area contributed by atoms with E-state index in [-0.39, 0.29) is 11.8 Å². The van der Waals surface area contributed by atoms with E-state index in [4.69, 9.17) is 16.6 Å². The lowest BCUT2D eigenvalue weighted by atomic mass is 10.1. The summed E-state index contributed by atoms with van der Waals surface area (Å²) in [5.74, 6) is 0.0970. The van der Waals surface area contributed by atoms with Crippen molar-refractivity contribution in [3.8, 4) is 5.75 Å². The van der Waals surface area contributed by atoms with Crippen LogP contribution < -0.4 is 11.5 Å². The number of hydrogen-bond acceptors (Lipinski definition) is 3. The van der Waals surface area contributed by atoms with Crippen molar-refractivity contribution in [3.63, 3.8) is 0 Å². The fraction of sp³-hybridized carbons (Fsp3) is 0.250. The highest BCUT2D eigenvalue weighted by atomic mass is 16.3. The molecule has 0 aliphatic heterocycles. The van der Waals surface area contributed by atoms with Crippen molar-refractivity contribution in [2.45, 2.75) is 13.0 Å². The molecule has 3 heteroatoms. The van der Waals surface area contributed by atoms with E-state index in [1.165, 1.54) is 0 Å². The van der Waals surface area contributed by atoms with Gasteiger partial charge in [-0.15, -0.1) is 0 Å². The van der Waals surface area contributed by atoms with E-state index in [0.717, 1.165) is 5.56 Å². The maximum atomic E-state index is 9.17. The van der Waals surface area contributed by atoms with Gasteiger partial charge in [-0.25, -0.2) is 0 Å². The first-order chi connectivity index (χ1) is 5.11. The number of nitrogens with two attached hydrogens (primary N) is 2. The molecule has 60 valence electrons. The van der Waals surface area contributed by atoms with Gasteiger partial charge >= 0.3 is 0 Å². The summed E-state index contributed by atoms with van der Waals surface area (Å²) in [6.45, 7) is 1.85. The summed E-state index contributed by atoms with van der Waals surface area (Å²) in [7, 11) is 0. The third kappa shape index (κ3) is 1.62. The Balaban J connectivity index is 3.05. The van der Waals surface area contributed by atoms with Crippen LogP contribution in [0.15, 0.2) is 18.2 Å². The molecule has 3 nitrogen and oxygen atoms in total. The Kier molecular flexibility index (Phi) is 2.01. The Labute approximate surface area is 65.6 Å². The average Bonchev–Trinajstić information content (AvgIpc) is 1.94. The molecule has 0 aliphatic carbocycles. The van der Waals surface area contributed by atoms with Crippen LogP contribution in [0.2, 0.25) is 0 Å². The van der Waals surface area contributed by atoms with Crippen molar-refractivity contribution in [3.05, 3.63) is 23.8 Å². The van der Waals surface area contributed by atoms with Gasteiger partial charge in [-0.1, -0.05) is 6.07 Å². The number of nitrogen functional groups attached to an aromatic ring is 1. The molecule has 1 unspecified atom stereocenters. The zero-order valence-corrected chi connectivity index (χ0v) is 6.41. The number of hydrogen-bond donors (Lipinski definition) is 3. The second-order valence-electron chi connectivity index (χ2n) is 2.61. The SMILES string of the molecule is CC(N)c1ccc(N)c(O)c1. The molecule has 1 atom stereocenters. The molecule has 0 aromatic heterocycles. The summed E-state index contributed by atoms with van der Waals surface area (Å²) in [5, 5.41) is 9.17. The van der Waals surface area contributed by atoms with E-state index in [9.17, 15) is 0 Å². The highest BCUT2D eigenvalue weighted by Gasteiger charge is 2.01. The van der Waals surface area contributed by atoms with E-state index >= 15 is 0 Å². The number of phenolic OH excluding ortho intramolecular Hbond substituents is 1. The third-order valence-corrected chi connectivity index (χ3v) is 1.58. The van der Waals surface area contributed by atoms with Crippen LogP contribution >= 0.6 is 0 Å². The topological polar surface area (TPSA) is 72.3 Å². The largest absolute Gasteiger partial charge is 0.506 e. The van der Waals surface area contributed by atoms with Gasteiger partial charge in [0.05, 0.1) is 5.69 Å². The van der Waals surface area contributed by atoms with E-state index in [1.807, 2.05) is 6.92 Å². The van der Waals surface area contributed by atoms with Crippen LogP contribution in [-0.4, -0.2) is 5.11 Å². The van der Waals surface area contributed by atoms with Crippen LogP contribution in [0.3, 0.4) is 0 Å². The molecule has 0 heterocycles. The van der Waals surface area contributed by atoms with Gasteiger partial charge in [-0.2, -0.15) is 0 Å². The minimum atomic E-state index is -0.0681. The normalized spacial score (nSPS) is 12.9. The van der Waals surface area contributed by atoms with Gasteiger partial charge < -0.3 is 16.6 Å². The molecule has 0 spiro atoms. The Morgan fingerprint density at radius 2 is 2.09 bits per heavy atom.